The lowest BCUT2D eigenvalue weighted by molar-refractivity contribution is 0.923. The van der Waals surface area contributed by atoms with Crippen LogP contribution in [0.25, 0.3) is 0 Å². The summed E-state index contributed by atoms with van der Waals surface area (Å²) in [4.78, 5) is 0. The van der Waals surface area contributed by atoms with E-state index in [1.54, 1.807) is 10.7 Å². The van der Waals surface area contributed by atoms with E-state index in [1.165, 1.54) is 0 Å². The maximum atomic E-state index is 6.01. The minimum absolute atomic E-state index is 0.501. The van der Waals surface area contributed by atoms with Crippen molar-refractivity contribution < 1.29 is 0 Å². The molecule has 0 saturated carbocycles. The van der Waals surface area contributed by atoms with Crippen molar-refractivity contribution in [3.8, 4) is 0 Å². The van der Waals surface area contributed by atoms with Crippen LogP contribution in [-0.2, 0) is 0 Å². The first-order valence-electron chi connectivity index (χ1n) is 4.75. The predicted octanol–water partition coefficient (Wildman–Crippen LogP) is 3.09. The van der Waals surface area contributed by atoms with Gasteiger partial charge in [0.05, 0.1) is 16.4 Å². The monoisotopic (exact) mass is 251 g/mol. The van der Waals surface area contributed by atoms with E-state index in [0.29, 0.717) is 10.1 Å². The lowest BCUT2D eigenvalue weighted by Gasteiger charge is -2.08. The summed E-state index contributed by atoms with van der Waals surface area (Å²) >= 11 is 11.2. The third-order valence-corrected chi connectivity index (χ3v) is 2.66. The number of aromatic nitrogens is 2. The Balaban J connectivity index is 2.17. The van der Waals surface area contributed by atoms with Gasteiger partial charge < -0.3 is 5.32 Å². The molecule has 1 aromatic carbocycles. The van der Waals surface area contributed by atoms with Gasteiger partial charge in [-0.1, -0.05) is 23.7 Å². The number of nitrogens with one attached hydrogen (secondary N) is 1. The lowest BCUT2D eigenvalue weighted by atomic mass is 10.3. The van der Waals surface area contributed by atoms with Crippen molar-refractivity contribution in [3.05, 3.63) is 47.2 Å². The fraction of sp³-hybridized carbons (Fsp3) is 0.0909. The van der Waals surface area contributed by atoms with Crippen molar-refractivity contribution in [2.45, 2.75) is 6.92 Å². The van der Waals surface area contributed by atoms with Gasteiger partial charge in [-0.05, 0) is 37.3 Å². The van der Waals surface area contributed by atoms with Crippen LogP contribution >= 0.6 is 23.8 Å². The van der Waals surface area contributed by atoms with Crippen molar-refractivity contribution in [2.75, 3.05) is 5.32 Å². The van der Waals surface area contributed by atoms with Crippen LogP contribution < -0.4 is 5.32 Å². The molecule has 0 aliphatic rings. The van der Waals surface area contributed by atoms with Crippen LogP contribution in [0.2, 0.25) is 5.02 Å². The van der Waals surface area contributed by atoms with E-state index in [9.17, 15) is 0 Å². The predicted molar refractivity (Wildman–Crippen MR) is 70.0 cm³/mol. The zero-order valence-electron chi connectivity index (χ0n) is 8.64. The van der Waals surface area contributed by atoms with Crippen LogP contribution in [-0.4, -0.2) is 14.9 Å². The van der Waals surface area contributed by atoms with Crippen LogP contribution in [0.3, 0.4) is 0 Å². The van der Waals surface area contributed by atoms with Gasteiger partial charge in [0.25, 0.3) is 0 Å². The van der Waals surface area contributed by atoms with Gasteiger partial charge in [-0.15, -0.1) is 0 Å². The minimum atomic E-state index is 0.501. The zero-order valence-corrected chi connectivity index (χ0v) is 10.2. The molecule has 1 N–H and O–H groups in total. The maximum absolute atomic E-state index is 6.01. The number of thiocarbonyl (C=S) groups is 1. The summed E-state index contributed by atoms with van der Waals surface area (Å²) in [6, 6.07) is 9.33. The largest absolute Gasteiger partial charge is 0.330 e. The number of rotatable bonds is 1. The van der Waals surface area contributed by atoms with E-state index in [1.807, 2.05) is 37.4 Å². The van der Waals surface area contributed by atoms with Gasteiger partial charge in [0, 0.05) is 6.20 Å². The molecule has 0 spiro atoms. The fourth-order valence-electron chi connectivity index (χ4n) is 1.26. The SMILES string of the molecule is Cc1ccn(C(=S)Nc2ccccc2Cl)n1. The number of hydrogen-bond donors (Lipinski definition) is 1. The minimum Gasteiger partial charge on any atom is -0.330 e. The molecule has 0 fully saturated rings. The first-order chi connectivity index (χ1) is 7.66. The van der Waals surface area contributed by atoms with Crippen molar-refractivity contribution >= 4 is 34.6 Å². The van der Waals surface area contributed by atoms with Crippen LogP contribution in [0.5, 0.6) is 0 Å². The molecule has 0 atom stereocenters. The summed E-state index contributed by atoms with van der Waals surface area (Å²) in [6.45, 7) is 1.91. The second-order valence-corrected chi connectivity index (χ2v) is 4.11. The standard InChI is InChI=1S/C11H10ClN3S/c1-8-6-7-15(14-8)11(16)13-10-5-3-2-4-9(10)12/h2-7H,1H3,(H,13,16). The van der Waals surface area contributed by atoms with Gasteiger partial charge in [-0.2, -0.15) is 5.10 Å². The number of para-hydroxylation sites is 1. The molecule has 0 unspecified atom stereocenters. The van der Waals surface area contributed by atoms with E-state index in [2.05, 4.69) is 10.4 Å². The molecule has 2 aromatic rings. The smallest absolute Gasteiger partial charge is 0.198 e. The Bertz CT molecular complexity index is 521. The number of nitrogens with zero attached hydrogens (tertiary/aromatic N) is 2. The van der Waals surface area contributed by atoms with Gasteiger partial charge in [0.2, 0.25) is 0 Å². The van der Waals surface area contributed by atoms with Gasteiger partial charge in [0.15, 0.2) is 5.11 Å². The molecule has 3 nitrogen and oxygen atoms in total. The summed E-state index contributed by atoms with van der Waals surface area (Å²) in [5.41, 5.74) is 1.70. The molecule has 0 aliphatic carbocycles. The van der Waals surface area contributed by atoms with Crippen LogP contribution in [0.15, 0.2) is 36.5 Å². The second kappa shape index (κ2) is 4.63. The molecule has 0 aliphatic heterocycles. The molecule has 82 valence electrons. The Morgan fingerprint density at radius 3 is 2.75 bits per heavy atom. The first kappa shape index (κ1) is 11.1. The van der Waals surface area contributed by atoms with E-state index in [4.69, 9.17) is 23.8 Å². The van der Waals surface area contributed by atoms with E-state index >= 15 is 0 Å². The average molecular weight is 252 g/mol. The van der Waals surface area contributed by atoms with Crippen molar-refractivity contribution in [1.29, 1.82) is 0 Å². The molecule has 1 heterocycles. The molecule has 0 radical (unpaired) electrons. The van der Waals surface area contributed by atoms with E-state index < -0.39 is 0 Å². The second-order valence-electron chi connectivity index (χ2n) is 3.31. The summed E-state index contributed by atoms with van der Waals surface area (Å²) < 4.78 is 1.61. The Hall–Kier alpha value is -1.39. The number of halogens is 1. The quantitative estimate of drug-likeness (QED) is 0.790. The van der Waals surface area contributed by atoms with Crippen molar-refractivity contribution in [3.63, 3.8) is 0 Å². The molecule has 5 heteroatoms. The highest BCUT2D eigenvalue weighted by atomic mass is 35.5. The molecule has 0 bridgehead atoms. The number of aryl methyl sites for hydroxylation is 1. The van der Waals surface area contributed by atoms with Crippen molar-refractivity contribution in [1.82, 2.24) is 9.78 Å². The molecule has 0 amide bonds. The summed E-state index contributed by atoms with van der Waals surface area (Å²) in [5.74, 6) is 0. The highest BCUT2D eigenvalue weighted by Crippen LogP contribution is 2.20. The molecular weight excluding hydrogens is 242 g/mol. The highest BCUT2D eigenvalue weighted by Gasteiger charge is 2.04. The molecular formula is C11H10ClN3S. The van der Waals surface area contributed by atoms with Crippen molar-refractivity contribution in [2.24, 2.45) is 0 Å². The molecule has 0 saturated heterocycles. The average Bonchev–Trinajstić information content (AvgIpc) is 2.68. The van der Waals surface area contributed by atoms with E-state index in [0.717, 1.165) is 11.4 Å². The third kappa shape index (κ3) is 2.40. The number of anilines is 1. The van der Waals surface area contributed by atoms with Gasteiger partial charge in [0.1, 0.15) is 0 Å². The normalized spacial score (nSPS) is 10.1. The lowest BCUT2D eigenvalue weighted by Crippen LogP contribution is -2.19. The zero-order chi connectivity index (χ0) is 11.5. The Kier molecular flexibility index (Phi) is 3.22. The molecule has 1 aromatic heterocycles. The first-order valence-corrected chi connectivity index (χ1v) is 5.53. The van der Waals surface area contributed by atoms with Crippen LogP contribution in [0.4, 0.5) is 5.69 Å². The number of benzene rings is 1. The molecule has 16 heavy (non-hydrogen) atoms. The highest BCUT2D eigenvalue weighted by molar-refractivity contribution is 7.80. The number of hydrogen-bond acceptors (Lipinski definition) is 2. The van der Waals surface area contributed by atoms with Crippen LogP contribution in [0, 0.1) is 6.92 Å². The van der Waals surface area contributed by atoms with Gasteiger partial charge in [-0.25, -0.2) is 4.68 Å². The Morgan fingerprint density at radius 1 is 1.38 bits per heavy atom. The fourth-order valence-corrected chi connectivity index (χ4v) is 1.66. The topological polar surface area (TPSA) is 29.9 Å². The summed E-state index contributed by atoms with van der Waals surface area (Å²) in [7, 11) is 0. The van der Waals surface area contributed by atoms with Gasteiger partial charge >= 0.3 is 0 Å². The maximum Gasteiger partial charge on any atom is 0.198 e. The van der Waals surface area contributed by atoms with E-state index in [-0.39, 0.29) is 0 Å². The van der Waals surface area contributed by atoms with Gasteiger partial charge in [-0.3, -0.25) is 0 Å². The Morgan fingerprint density at radius 2 is 2.12 bits per heavy atom. The molecule has 2 rings (SSSR count). The Labute approximate surface area is 104 Å². The summed E-state index contributed by atoms with van der Waals surface area (Å²) in [6.07, 6.45) is 1.81. The summed E-state index contributed by atoms with van der Waals surface area (Å²) in [5, 5.41) is 8.38. The van der Waals surface area contributed by atoms with Crippen LogP contribution in [0.1, 0.15) is 5.69 Å². The third-order valence-electron chi connectivity index (χ3n) is 2.05.